The molecular formula is C20H20N4O2. The van der Waals surface area contributed by atoms with Gasteiger partial charge in [-0.25, -0.2) is 9.97 Å². The van der Waals surface area contributed by atoms with E-state index in [0.29, 0.717) is 5.82 Å². The topological polar surface area (TPSA) is 76.1 Å². The van der Waals surface area contributed by atoms with E-state index in [1.807, 2.05) is 43.6 Å². The molecule has 0 atom stereocenters. The number of rotatable bonds is 5. The molecule has 0 spiro atoms. The molecule has 6 heteroatoms. The summed E-state index contributed by atoms with van der Waals surface area (Å²) in [5.74, 6) is 2.27. The highest BCUT2D eigenvalue weighted by atomic mass is 16.5. The van der Waals surface area contributed by atoms with Gasteiger partial charge in [0.15, 0.2) is 0 Å². The number of nitrogens with zero attached hydrogens (tertiary/aromatic N) is 2. The second kappa shape index (κ2) is 6.63. The van der Waals surface area contributed by atoms with Gasteiger partial charge in [0.2, 0.25) is 5.91 Å². The Bertz CT molecular complexity index is 983. The molecule has 1 aliphatic rings. The van der Waals surface area contributed by atoms with Gasteiger partial charge in [0, 0.05) is 36.3 Å². The number of nitrogens with one attached hydrogen (secondary N) is 2. The molecule has 0 saturated heterocycles. The summed E-state index contributed by atoms with van der Waals surface area (Å²) in [6.45, 7) is 0. The minimum Gasteiger partial charge on any atom is -0.497 e. The van der Waals surface area contributed by atoms with Gasteiger partial charge in [0.25, 0.3) is 0 Å². The van der Waals surface area contributed by atoms with E-state index in [4.69, 9.17) is 4.74 Å². The normalized spacial score (nSPS) is 13.5. The molecular weight excluding hydrogens is 328 g/mol. The van der Waals surface area contributed by atoms with Gasteiger partial charge in [-0.2, -0.15) is 0 Å². The van der Waals surface area contributed by atoms with Gasteiger partial charge in [-0.15, -0.1) is 0 Å². The average molecular weight is 348 g/mol. The van der Waals surface area contributed by atoms with Crippen LogP contribution in [0.3, 0.4) is 0 Å². The third-order valence-corrected chi connectivity index (χ3v) is 4.59. The van der Waals surface area contributed by atoms with Crippen LogP contribution in [-0.4, -0.2) is 30.0 Å². The summed E-state index contributed by atoms with van der Waals surface area (Å²) in [6.07, 6.45) is 5.50. The third kappa shape index (κ3) is 3.06. The van der Waals surface area contributed by atoms with Crippen LogP contribution in [0.15, 0.2) is 42.7 Å². The molecule has 1 aliphatic carbocycles. The predicted octanol–water partition coefficient (Wildman–Crippen LogP) is 3.70. The molecule has 0 bridgehead atoms. The molecule has 0 unspecified atom stereocenters. The molecule has 26 heavy (non-hydrogen) atoms. The van der Waals surface area contributed by atoms with Crippen LogP contribution in [0.4, 0.5) is 11.6 Å². The zero-order chi connectivity index (χ0) is 18.1. The third-order valence-electron chi connectivity index (χ3n) is 4.59. The number of pyridine rings is 2. The molecule has 1 saturated carbocycles. The van der Waals surface area contributed by atoms with Crippen molar-refractivity contribution in [1.29, 1.82) is 0 Å². The van der Waals surface area contributed by atoms with Crippen molar-refractivity contribution in [2.45, 2.75) is 12.8 Å². The Morgan fingerprint density at radius 3 is 2.73 bits per heavy atom. The summed E-state index contributed by atoms with van der Waals surface area (Å²) in [5, 5.41) is 7.89. The highest BCUT2D eigenvalue weighted by Gasteiger charge is 2.29. The zero-order valence-electron chi connectivity index (χ0n) is 14.7. The predicted molar refractivity (Wildman–Crippen MR) is 102 cm³/mol. The lowest BCUT2D eigenvalue weighted by Crippen LogP contribution is -2.14. The van der Waals surface area contributed by atoms with E-state index < -0.39 is 0 Å². The summed E-state index contributed by atoms with van der Waals surface area (Å²) in [6, 6.07) is 9.75. The van der Waals surface area contributed by atoms with Crippen LogP contribution >= 0.6 is 0 Å². The number of ether oxygens (including phenoxy) is 1. The van der Waals surface area contributed by atoms with Crippen molar-refractivity contribution in [3.63, 3.8) is 0 Å². The van der Waals surface area contributed by atoms with Crippen LogP contribution in [0, 0.1) is 5.92 Å². The molecule has 132 valence electrons. The van der Waals surface area contributed by atoms with Crippen LogP contribution in [0.1, 0.15) is 12.8 Å². The molecule has 0 aliphatic heterocycles. The fraction of sp³-hybridized carbons (Fsp3) is 0.250. The van der Waals surface area contributed by atoms with Crippen LogP contribution in [0.5, 0.6) is 5.75 Å². The SMILES string of the molecule is CNc1ncc(-c2cccc(OC)c2)c2cc(NC(=O)C3CC3)ncc12. The standard InChI is InChI=1S/C20H20N4O2/c1-21-19-17-11-22-18(24-20(25)12-6-7-12)9-15(17)16(10-23-19)13-4-3-5-14(8-13)26-2/h3-5,8-12H,6-7H2,1-2H3,(H,21,23)(H,22,24,25). The summed E-state index contributed by atoms with van der Waals surface area (Å²) >= 11 is 0. The number of hydrogen-bond donors (Lipinski definition) is 2. The van der Waals surface area contributed by atoms with Crippen molar-refractivity contribution in [3.8, 4) is 16.9 Å². The van der Waals surface area contributed by atoms with Crippen molar-refractivity contribution < 1.29 is 9.53 Å². The summed E-state index contributed by atoms with van der Waals surface area (Å²) in [7, 11) is 3.48. The number of amides is 1. The van der Waals surface area contributed by atoms with Crippen LogP contribution in [0.2, 0.25) is 0 Å². The maximum atomic E-state index is 12.1. The van der Waals surface area contributed by atoms with E-state index in [2.05, 4.69) is 20.6 Å². The molecule has 2 aromatic heterocycles. The van der Waals surface area contributed by atoms with E-state index in [1.165, 1.54) is 0 Å². The molecule has 1 fully saturated rings. The molecule has 0 radical (unpaired) electrons. The Balaban J connectivity index is 1.83. The second-order valence-electron chi connectivity index (χ2n) is 6.38. The molecule has 1 aromatic carbocycles. The van der Waals surface area contributed by atoms with Crippen molar-refractivity contribution in [3.05, 3.63) is 42.7 Å². The molecule has 4 rings (SSSR count). The Hall–Kier alpha value is -3.15. The highest BCUT2D eigenvalue weighted by Crippen LogP contribution is 2.34. The number of carbonyl (C=O) groups excluding carboxylic acids is 1. The largest absolute Gasteiger partial charge is 0.497 e. The van der Waals surface area contributed by atoms with Gasteiger partial charge < -0.3 is 15.4 Å². The lowest BCUT2D eigenvalue weighted by Gasteiger charge is -2.12. The van der Waals surface area contributed by atoms with E-state index in [0.717, 1.165) is 46.3 Å². The first kappa shape index (κ1) is 16.3. The van der Waals surface area contributed by atoms with Crippen molar-refractivity contribution in [1.82, 2.24) is 9.97 Å². The number of benzene rings is 1. The van der Waals surface area contributed by atoms with Crippen molar-refractivity contribution in [2.24, 2.45) is 5.92 Å². The van der Waals surface area contributed by atoms with Gasteiger partial charge in [-0.3, -0.25) is 4.79 Å². The summed E-state index contributed by atoms with van der Waals surface area (Å²) < 4.78 is 5.34. The molecule has 1 amide bonds. The van der Waals surface area contributed by atoms with Gasteiger partial charge in [-0.1, -0.05) is 12.1 Å². The smallest absolute Gasteiger partial charge is 0.228 e. The Morgan fingerprint density at radius 1 is 1.15 bits per heavy atom. The number of aromatic nitrogens is 2. The molecule has 6 nitrogen and oxygen atoms in total. The molecule has 2 heterocycles. The summed E-state index contributed by atoms with van der Waals surface area (Å²) in [5.41, 5.74) is 1.96. The zero-order valence-corrected chi connectivity index (χ0v) is 14.7. The first-order valence-electron chi connectivity index (χ1n) is 8.61. The Kier molecular flexibility index (Phi) is 4.16. The maximum absolute atomic E-state index is 12.1. The first-order chi connectivity index (χ1) is 12.7. The minimum atomic E-state index is 0.0441. The van der Waals surface area contributed by atoms with Crippen LogP contribution in [-0.2, 0) is 4.79 Å². The lowest BCUT2D eigenvalue weighted by molar-refractivity contribution is -0.117. The fourth-order valence-electron chi connectivity index (χ4n) is 3.00. The van der Waals surface area contributed by atoms with E-state index >= 15 is 0 Å². The van der Waals surface area contributed by atoms with E-state index in [-0.39, 0.29) is 11.8 Å². The number of fused-ring (bicyclic) bond motifs is 1. The lowest BCUT2D eigenvalue weighted by atomic mass is 10.0. The molecule has 2 N–H and O–H groups in total. The van der Waals surface area contributed by atoms with E-state index in [1.54, 1.807) is 13.3 Å². The van der Waals surface area contributed by atoms with Gasteiger partial charge in [0.05, 0.1) is 7.11 Å². The highest BCUT2D eigenvalue weighted by molar-refractivity contribution is 6.04. The van der Waals surface area contributed by atoms with Crippen LogP contribution < -0.4 is 15.4 Å². The minimum absolute atomic E-state index is 0.0441. The van der Waals surface area contributed by atoms with Crippen molar-refractivity contribution >= 4 is 28.3 Å². The fourth-order valence-corrected chi connectivity index (χ4v) is 3.00. The Morgan fingerprint density at radius 2 is 2.00 bits per heavy atom. The number of methoxy groups -OCH3 is 1. The monoisotopic (exact) mass is 348 g/mol. The van der Waals surface area contributed by atoms with Gasteiger partial charge in [-0.05, 0) is 42.0 Å². The first-order valence-corrected chi connectivity index (χ1v) is 8.61. The summed E-state index contributed by atoms with van der Waals surface area (Å²) in [4.78, 5) is 21.0. The van der Waals surface area contributed by atoms with Crippen LogP contribution in [0.25, 0.3) is 21.9 Å². The van der Waals surface area contributed by atoms with Gasteiger partial charge >= 0.3 is 0 Å². The molecule has 3 aromatic rings. The number of carbonyl (C=O) groups is 1. The van der Waals surface area contributed by atoms with Gasteiger partial charge in [0.1, 0.15) is 17.4 Å². The number of hydrogen-bond acceptors (Lipinski definition) is 5. The second-order valence-corrected chi connectivity index (χ2v) is 6.38. The maximum Gasteiger partial charge on any atom is 0.228 e. The average Bonchev–Trinajstić information content (AvgIpc) is 3.52. The quantitative estimate of drug-likeness (QED) is 0.735. The van der Waals surface area contributed by atoms with Crippen molar-refractivity contribution in [2.75, 3.05) is 24.8 Å². The van der Waals surface area contributed by atoms with E-state index in [9.17, 15) is 4.79 Å². The number of anilines is 2. The Labute approximate surface area is 151 Å².